The van der Waals surface area contributed by atoms with Crippen molar-refractivity contribution in [3.63, 3.8) is 0 Å². The molecular formula is C11H16N2O2S2. The quantitative estimate of drug-likeness (QED) is 0.914. The molecular weight excluding hydrogens is 256 g/mol. The van der Waals surface area contributed by atoms with E-state index in [0.29, 0.717) is 0 Å². The Balaban J connectivity index is 1.98. The Labute approximate surface area is 109 Å². The van der Waals surface area contributed by atoms with E-state index in [1.54, 1.807) is 0 Å². The number of aromatic nitrogens is 1. The van der Waals surface area contributed by atoms with Crippen LogP contribution in [0.4, 0.5) is 0 Å². The molecule has 0 aromatic carbocycles. The third-order valence-electron chi connectivity index (χ3n) is 2.63. The maximum absolute atomic E-state index is 10.7. The standard InChI is InChI=1S/C11H16N2O2S2/c1-11(2)7-13(3-4-17-11)5-8-6-16-9(12-8)10(14)15/h6H,3-5,7H2,1-2H3,(H,14,15). The molecule has 0 spiro atoms. The molecule has 1 saturated heterocycles. The Bertz CT molecular complexity index is 417. The highest BCUT2D eigenvalue weighted by atomic mass is 32.2. The van der Waals surface area contributed by atoms with Crippen molar-refractivity contribution >= 4 is 29.1 Å². The normalized spacial score (nSPS) is 20.4. The summed E-state index contributed by atoms with van der Waals surface area (Å²) in [7, 11) is 0. The summed E-state index contributed by atoms with van der Waals surface area (Å²) in [6.45, 7) is 7.32. The Morgan fingerprint density at radius 3 is 3.00 bits per heavy atom. The first-order chi connectivity index (χ1) is 7.96. The third kappa shape index (κ3) is 3.43. The van der Waals surface area contributed by atoms with E-state index in [2.05, 4.69) is 23.7 Å². The van der Waals surface area contributed by atoms with E-state index in [1.165, 1.54) is 11.3 Å². The van der Waals surface area contributed by atoms with Gasteiger partial charge < -0.3 is 5.11 Å². The van der Waals surface area contributed by atoms with Crippen LogP contribution in [0.5, 0.6) is 0 Å². The predicted molar refractivity (Wildman–Crippen MR) is 70.9 cm³/mol. The van der Waals surface area contributed by atoms with E-state index < -0.39 is 5.97 Å². The SMILES string of the molecule is CC1(C)CN(Cc2csc(C(=O)O)n2)CCS1. The number of hydrogen-bond donors (Lipinski definition) is 1. The molecule has 1 fully saturated rings. The lowest BCUT2D eigenvalue weighted by molar-refractivity contribution is 0.0696. The lowest BCUT2D eigenvalue weighted by atomic mass is 10.2. The highest BCUT2D eigenvalue weighted by molar-refractivity contribution is 8.00. The minimum Gasteiger partial charge on any atom is -0.476 e. The lowest BCUT2D eigenvalue weighted by Crippen LogP contribution is -2.42. The van der Waals surface area contributed by atoms with Crippen LogP contribution >= 0.6 is 23.1 Å². The van der Waals surface area contributed by atoms with Crippen LogP contribution in [0.1, 0.15) is 29.3 Å². The third-order valence-corrected chi connectivity index (χ3v) is 4.80. The van der Waals surface area contributed by atoms with Gasteiger partial charge in [0.15, 0.2) is 0 Å². The number of thiazole rings is 1. The van der Waals surface area contributed by atoms with Crippen LogP contribution < -0.4 is 0 Å². The molecule has 4 nitrogen and oxygen atoms in total. The van der Waals surface area contributed by atoms with Crippen molar-refractivity contribution in [1.29, 1.82) is 0 Å². The zero-order valence-corrected chi connectivity index (χ0v) is 11.6. The van der Waals surface area contributed by atoms with Crippen LogP contribution in [0, 0.1) is 0 Å². The fraction of sp³-hybridized carbons (Fsp3) is 0.636. The first kappa shape index (κ1) is 12.9. The molecule has 0 unspecified atom stereocenters. The Kier molecular flexibility index (Phi) is 3.75. The molecule has 1 aromatic rings. The van der Waals surface area contributed by atoms with Crippen molar-refractivity contribution in [3.05, 3.63) is 16.1 Å². The molecule has 6 heteroatoms. The summed E-state index contributed by atoms with van der Waals surface area (Å²) in [5.74, 6) is 0.193. The fourth-order valence-electron chi connectivity index (χ4n) is 1.96. The molecule has 1 aromatic heterocycles. The summed E-state index contributed by atoms with van der Waals surface area (Å²) in [6, 6.07) is 0. The molecule has 1 N–H and O–H groups in total. The van der Waals surface area contributed by atoms with E-state index in [1.807, 2.05) is 17.1 Å². The van der Waals surface area contributed by atoms with Crippen molar-refractivity contribution in [2.24, 2.45) is 0 Å². The lowest BCUT2D eigenvalue weighted by Gasteiger charge is -2.37. The largest absolute Gasteiger partial charge is 0.476 e. The Hall–Kier alpha value is -0.590. The minimum absolute atomic E-state index is 0.186. The Morgan fingerprint density at radius 2 is 2.41 bits per heavy atom. The first-order valence-electron chi connectivity index (χ1n) is 5.50. The summed E-state index contributed by atoms with van der Waals surface area (Å²) in [5, 5.41) is 10.8. The molecule has 0 amide bonds. The second kappa shape index (κ2) is 4.96. The van der Waals surface area contributed by atoms with Gasteiger partial charge in [-0.05, 0) is 13.8 Å². The van der Waals surface area contributed by atoms with Gasteiger partial charge in [0.25, 0.3) is 0 Å². The second-order valence-electron chi connectivity index (χ2n) is 4.77. The molecule has 0 saturated carbocycles. The highest BCUT2D eigenvalue weighted by Crippen LogP contribution is 2.30. The van der Waals surface area contributed by atoms with Gasteiger partial charge in [-0.1, -0.05) is 0 Å². The summed E-state index contributed by atoms with van der Waals surface area (Å²) in [6.07, 6.45) is 0. The summed E-state index contributed by atoms with van der Waals surface area (Å²) in [5.41, 5.74) is 0.870. The number of aromatic carboxylic acids is 1. The van der Waals surface area contributed by atoms with Gasteiger partial charge >= 0.3 is 5.97 Å². The molecule has 2 heterocycles. The number of rotatable bonds is 3. The number of carboxylic acid groups (broad SMARTS) is 1. The number of carbonyl (C=O) groups is 1. The fourth-order valence-corrected chi connectivity index (χ4v) is 3.78. The monoisotopic (exact) mass is 272 g/mol. The zero-order valence-electron chi connectivity index (χ0n) is 9.97. The maximum atomic E-state index is 10.7. The van der Waals surface area contributed by atoms with Crippen LogP contribution in [-0.4, -0.2) is 44.5 Å². The van der Waals surface area contributed by atoms with Gasteiger partial charge in [-0.3, -0.25) is 4.90 Å². The van der Waals surface area contributed by atoms with Gasteiger partial charge in [0.05, 0.1) is 5.69 Å². The number of thioether (sulfide) groups is 1. The van der Waals surface area contributed by atoms with Crippen molar-refractivity contribution in [2.75, 3.05) is 18.8 Å². The van der Waals surface area contributed by atoms with Gasteiger partial charge in [-0.15, -0.1) is 11.3 Å². The van der Waals surface area contributed by atoms with Gasteiger partial charge in [0.1, 0.15) is 0 Å². The topological polar surface area (TPSA) is 53.4 Å². The van der Waals surface area contributed by atoms with Crippen LogP contribution in [0.2, 0.25) is 0 Å². The van der Waals surface area contributed by atoms with Gasteiger partial charge in [0, 0.05) is 35.5 Å². The highest BCUT2D eigenvalue weighted by Gasteiger charge is 2.27. The average Bonchev–Trinajstić information content (AvgIpc) is 2.64. The predicted octanol–water partition coefficient (Wildman–Crippen LogP) is 2.17. The van der Waals surface area contributed by atoms with Crippen LogP contribution in [0.15, 0.2) is 5.38 Å². The van der Waals surface area contributed by atoms with E-state index in [4.69, 9.17) is 5.11 Å². The van der Waals surface area contributed by atoms with Gasteiger partial charge in [0.2, 0.25) is 5.01 Å². The second-order valence-corrected chi connectivity index (χ2v) is 7.43. The zero-order chi connectivity index (χ0) is 12.5. The van der Waals surface area contributed by atoms with Crippen molar-refractivity contribution in [1.82, 2.24) is 9.88 Å². The molecule has 0 aliphatic carbocycles. The molecule has 2 rings (SSSR count). The summed E-state index contributed by atoms with van der Waals surface area (Å²) in [4.78, 5) is 17.2. The molecule has 0 atom stereocenters. The van der Waals surface area contributed by atoms with E-state index in [-0.39, 0.29) is 9.75 Å². The van der Waals surface area contributed by atoms with Crippen LogP contribution in [-0.2, 0) is 6.54 Å². The molecule has 1 aliphatic heterocycles. The number of nitrogens with zero attached hydrogens (tertiary/aromatic N) is 2. The van der Waals surface area contributed by atoms with Gasteiger partial charge in [-0.2, -0.15) is 11.8 Å². The number of carboxylic acids is 1. The van der Waals surface area contributed by atoms with Crippen molar-refractivity contribution < 1.29 is 9.90 Å². The maximum Gasteiger partial charge on any atom is 0.365 e. The molecule has 0 radical (unpaired) electrons. The molecule has 0 bridgehead atoms. The first-order valence-corrected chi connectivity index (χ1v) is 7.37. The number of hydrogen-bond acceptors (Lipinski definition) is 5. The minimum atomic E-state index is -0.934. The van der Waals surface area contributed by atoms with Gasteiger partial charge in [-0.25, -0.2) is 9.78 Å². The molecule has 17 heavy (non-hydrogen) atoms. The Morgan fingerprint density at radius 1 is 1.65 bits per heavy atom. The van der Waals surface area contributed by atoms with Crippen molar-refractivity contribution in [3.8, 4) is 0 Å². The van der Waals surface area contributed by atoms with E-state index in [9.17, 15) is 4.79 Å². The smallest absolute Gasteiger partial charge is 0.365 e. The van der Waals surface area contributed by atoms with Crippen molar-refractivity contribution in [2.45, 2.75) is 25.1 Å². The summed E-state index contributed by atoms with van der Waals surface area (Å²) < 4.78 is 0.282. The average molecular weight is 272 g/mol. The molecule has 94 valence electrons. The van der Waals surface area contributed by atoms with E-state index >= 15 is 0 Å². The van der Waals surface area contributed by atoms with E-state index in [0.717, 1.165) is 31.1 Å². The van der Waals surface area contributed by atoms with Crippen LogP contribution in [0.25, 0.3) is 0 Å². The van der Waals surface area contributed by atoms with Crippen LogP contribution in [0.3, 0.4) is 0 Å². The molecule has 1 aliphatic rings. The summed E-state index contributed by atoms with van der Waals surface area (Å²) >= 11 is 3.19.